The van der Waals surface area contributed by atoms with E-state index in [-0.39, 0.29) is 35.3 Å². The van der Waals surface area contributed by atoms with Crippen molar-refractivity contribution < 1.29 is 14.3 Å². The number of hydrogen-bond donors (Lipinski definition) is 4. The number of ether oxygens (including phenoxy) is 1. The number of rotatable bonds is 11. The van der Waals surface area contributed by atoms with Crippen molar-refractivity contribution >= 4 is 40.6 Å². The average Bonchev–Trinajstić information content (AvgIpc) is 3.14. The summed E-state index contributed by atoms with van der Waals surface area (Å²) >= 11 is 5.86. The van der Waals surface area contributed by atoms with E-state index in [2.05, 4.69) is 30.4 Å². The normalized spacial score (nSPS) is 14.6. The van der Waals surface area contributed by atoms with Gasteiger partial charge in [-0.15, -0.1) is 0 Å². The van der Waals surface area contributed by atoms with E-state index in [1.54, 1.807) is 0 Å². The highest BCUT2D eigenvalue weighted by molar-refractivity contribution is 6.29. The fourth-order valence-corrected chi connectivity index (χ4v) is 4.01. The molecule has 6 N–H and O–H groups in total. The number of halogens is 1. The van der Waals surface area contributed by atoms with Crippen molar-refractivity contribution in [2.24, 2.45) is 5.73 Å². The summed E-state index contributed by atoms with van der Waals surface area (Å²) in [5, 5.41) is 5.76. The minimum absolute atomic E-state index is 0.00506. The minimum Gasteiger partial charge on any atom is -0.484 e. The van der Waals surface area contributed by atoms with E-state index >= 15 is 0 Å². The van der Waals surface area contributed by atoms with Crippen LogP contribution in [0.4, 0.5) is 17.2 Å². The van der Waals surface area contributed by atoms with Crippen LogP contribution in [0.15, 0.2) is 24.4 Å². The number of nitrogens with zero attached hydrogens (tertiary/aromatic N) is 4. The average molecular weight is 491 g/mol. The lowest BCUT2D eigenvalue weighted by molar-refractivity contribution is -0.123. The van der Waals surface area contributed by atoms with E-state index in [9.17, 15) is 9.59 Å². The van der Waals surface area contributed by atoms with Gasteiger partial charge in [-0.05, 0) is 38.9 Å². The van der Waals surface area contributed by atoms with Crippen molar-refractivity contribution in [3.63, 3.8) is 0 Å². The Labute approximate surface area is 203 Å². The van der Waals surface area contributed by atoms with Gasteiger partial charge in [-0.1, -0.05) is 11.6 Å². The number of fused-ring (bicyclic) bond motifs is 1. The van der Waals surface area contributed by atoms with Crippen LogP contribution in [0.1, 0.15) is 30.8 Å². The van der Waals surface area contributed by atoms with Gasteiger partial charge < -0.3 is 36.6 Å². The lowest BCUT2D eigenvalue weighted by Crippen LogP contribution is -2.50. The van der Waals surface area contributed by atoms with Crippen LogP contribution in [0.5, 0.6) is 5.75 Å². The Kier molecular flexibility index (Phi) is 8.72. The molecule has 0 saturated carbocycles. The molecule has 2 amide bonds. The summed E-state index contributed by atoms with van der Waals surface area (Å²) in [4.78, 5) is 36.9. The van der Waals surface area contributed by atoms with Crippen LogP contribution in [-0.4, -0.2) is 67.3 Å². The number of carbonyl (C=O) groups excluding carboxylic acids is 2. The number of benzene rings is 1. The molecule has 1 aromatic heterocycles. The fourth-order valence-electron chi connectivity index (χ4n) is 3.88. The van der Waals surface area contributed by atoms with Gasteiger partial charge in [0, 0.05) is 25.7 Å². The largest absolute Gasteiger partial charge is 0.484 e. The van der Waals surface area contributed by atoms with E-state index in [0.29, 0.717) is 31.9 Å². The first-order valence-corrected chi connectivity index (χ1v) is 11.6. The summed E-state index contributed by atoms with van der Waals surface area (Å²) in [5.41, 5.74) is 13.2. The van der Waals surface area contributed by atoms with E-state index in [4.69, 9.17) is 27.8 Å². The molecule has 34 heavy (non-hydrogen) atoms. The number of anilines is 3. The molecule has 0 aliphatic carbocycles. The van der Waals surface area contributed by atoms with Crippen LogP contribution in [0, 0.1) is 0 Å². The summed E-state index contributed by atoms with van der Waals surface area (Å²) in [5.74, 6) is -0.0280. The third-order valence-electron chi connectivity index (χ3n) is 5.47. The number of hydrogen-bond acceptors (Lipinski definition) is 9. The zero-order valence-electron chi connectivity index (χ0n) is 19.4. The predicted molar refractivity (Wildman–Crippen MR) is 132 cm³/mol. The minimum atomic E-state index is -0.444. The molecule has 0 spiro atoms. The number of likely N-dealkylation sites (N-methyl/N-ethyl adjacent to an activating group) is 2. The molecule has 3 rings (SSSR count). The van der Waals surface area contributed by atoms with Crippen LogP contribution >= 0.6 is 11.6 Å². The lowest BCUT2D eigenvalue weighted by Gasteiger charge is -2.32. The number of aromatic nitrogens is 2. The second-order valence-corrected chi connectivity index (χ2v) is 8.01. The van der Waals surface area contributed by atoms with Crippen molar-refractivity contribution in [3.8, 4) is 5.75 Å². The molecular formula is C22H31ClN8O3. The van der Waals surface area contributed by atoms with Crippen molar-refractivity contribution in [3.05, 3.63) is 35.2 Å². The number of nitrogen functional groups attached to an aromatic ring is 1. The first-order chi connectivity index (χ1) is 16.4. The van der Waals surface area contributed by atoms with Gasteiger partial charge in [0.25, 0.3) is 11.8 Å². The third-order valence-corrected chi connectivity index (χ3v) is 5.65. The quantitative estimate of drug-likeness (QED) is 0.337. The monoisotopic (exact) mass is 490 g/mol. The van der Waals surface area contributed by atoms with Gasteiger partial charge in [-0.25, -0.2) is 9.97 Å². The van der Waals surface area contributed by atoms with E-state index in [1.807, 2.05) is 32.0 Å². The Morgan fingerprint density at radius 3 is 2.62 bits per heavy atom. The van der Waals surface area contributed by atoms with Gasteiger partial charge in [0.1, 0.15) is 17.1 Å². The van der Waals surface area contributed by atoms with Crippen molar-refractivity contribution in [2.75, 3.05) is 54.9 Å². The predicted octanol–water partition coefficient (Wildman–Crippen LogP) is 0.978. The second kappa shape index (κ2) is 11.7. The molecule has 1 aromatic carbocycles. The second-order valence-electron chi connectivity index (χ2n) is 7.62. The highest BCUT2D eigenvalue weighted by Gasteiger charge is 2.35. The number of nitrogens with two attached hydrogens (primary N) is 2. The summed E-state index contributed by atoms with van der Waals surface area (Å²) in [6, 6.07) is 5.72. The highest BCUT2D eigenvalue weighted by atomic mass is 35.5. The Hall–Kier alpha value is -3.31. The molecule has 0 radical (unpaired) electrons. The van der Waals surface area contributed by atoms with Crippen LogP contribution in [-0.2, 0) is 4.79 Å². The SMILES string of the molecule is CCN1c2ccc(OCC(=O)NCCCN)cc2N(CC)C1CNC(=O)c1nc(Cl)cnc1N. The zero-order chi connectivity index (χ0) is 24.7. The number of amides is 2. The maximum atomic E-state index is 12.7. The molecule has 184 valence electrons. The van der Waals surface area contributed by atoms with Gasteiger partial charge in [-0.3, -0.25) is 9.59 Å². The van der Waals surface area contributed by atoms with Crippen LogP contribution in [0.2, 0.25) is 5.15 Å². The summed E-state index contributed by atoms with van der Waals surface area (Å²) in [6.07, 6.45) is 1.89. The highest BCUT2D eigenvalue weighted by Crippen LogP contribution is 2.41. The smallest absolute Gasteiger partial charge is 0.273 e. The lowest BCUT2D eigenvalue weighted by atomic mass is 10.2. The zero-order valence-corrected chi connectivity index (χ0v) is 20.1. The molecule has 0 bridgehead atoms. The van der Waals surface area contributed by atoms with E-state index < -0.39 is 5.91 Å². The van der Waals surface area contributed by atoms with Crippen molar-refractivity contribution in [1.29, 1.82) is 0 Å². The standard InChI is InChI=1S/C22H31ClN8O3/c1-3-30-15-7-6-14(34-13-18(32)26-9-5-8-24)10-16(15)31(4-2)19(30)12-28-22(33)20-21(25)27-11-17(23)29-20/h6-7,10-11,19H,3-5,8-9,12-13,24H2,1-2H3,(H2,25,27)(H,26,32)(H,28,33). The summed E-state index contributed by atoms with van der Waals surface area (Å²) in [6.45, 7) is 6.81. The van der Waals surface area contributed by atoms with E-state index in [0.717, 1.165) is 24.3 Å². The molecule has 1 aliphatic rings. The maximum absolute atomic E-state index is 12.7. The Morgan fingerprint density at radius 1 is 1.18 bits per heavy atom. The van der Waals surface area contributed by atoms with Gasteiger partial charge in [-0.2, -0.15) is 0 Å². The molecule has 0 fully saturated rings. The first kappa shape index (κ1) is 25.3. The van der Waals surface area contributed by atoms with E-state index in [1.165, 1.54) is 6.20 Å². The fraction of sp³-hybridized carbons (Fsp3) is 0.455. The number of nitrogens with one attached hydrogen (secondary N) is 2. The van der Waals surface area contributed by atoms with Crippen LogP contribution in [0.25, 0.3) is 0 Å². The molecule has 1 unspecified atom stereocenters. The summed E-state index contributed by atoms with van der Waals surface area (Å²) in [7, 11) is 0. The molecule has 2 heterocycles. The Balaban J connectivity index is 1.69. The number of carbonyl (C=O) groups is 2. The topological polar surface area (TPSA) is 152 Å². The van der Waals surface area contributed by atoms with Gasteiger partial charge in [0.2, 0.25) is 0 Å². The first-order valence-electron chi connectivity index (χ1n) is 11.2. The van der Waals surface area contributed by atoms with Gasteiger partial charge in [0.15, 0.2) is 18.1 Å². The molecule has 11 nitrogen and oxygen atoms in total. The Morgan fingerprint density at radius 2 is 1.91 bits per heavy atom. The van der Waals surface area contributed by atoms with Crippen LogP contribution < -0.4 is 36.6 Å². The third kappa shape index (κ3) is 5.78. The van der Waals surface area contributed by atoms with Crippen molar-refractivity contribution in [2.45, 2.75) is 26.4 Å². The molecule has 1 atom stereocenters. The summed E-state index contributed by atoms with van der Waals surface area (Å²) < 4.78 is 5.70. The molecule has 0 saturated heterocycles. The van der Waals surface area contributed by atoms with Crippen LogP contribution in [0.3, 0.4) is 0 Å². The van der Waals surface area contributed by atoms with Gasteiger partial charge in [0.05, 0.1) is 24.1 Å². The Bertz CT molecular complexity index is 1020. The van der Waals surface area contributed by atoms with Crippen molar-refractivity contribution in [1.82, 2.24) is 20.6 Å². The molecule has 2 aromatic rings. The molecule has 1 aliphatic heterocycles. The van der Waals surface area contributed by atoms with Gasteiger partial charge >= 0.3 is 0 Å². The molecular weight excluding hydrogens is 460 g/mol. The molecule has 12 heteroatoms. The maximum Gasteiger partial charge on any atom is 0.273 e.